The van der Waals surface area contributed by atoms with E-state index in [1.807, 2.05) is 32.0 Å². The Bertz CT molecular complexity index is 846. The Kier molecular flexibility index (Phi) is 5.91. The number of nitrogens with zero attached hydrogens (tertiary/aromatic N) is 4. The highest BCUT2D eigenvalue weighted by Crippen LogP contribution is 2.16. The van der Waals surface area contributed by atoms with Crippen molar-refractivity contribution in [1.29, 1.82) is 0 Å². The molecule has 2 rings (SSSR count). The van der Waals surface area contributed by atoms with Gasteiger partial charge in [0, 0.05) is 25.5 Å². The number of carbonyl (C=O) groups is 1. The van der Waals surface area contributed by atoms with Crippen LogP contribution < -0.4 is 5.32 Å². The van der Waals surface area contributed by atoms with Crippen LogP contribution >= 0.6 is 0 Å². The van der Waals surface area contributed by atoms with Gasteiger partial charge < -0.3 is 5.32 Å². The van der Waals surface area contributed by atoms with Crippen LogP contribution in [0.1, 0.15) is 17.0 Å². The van der Waals surface area contributed by atoms with E-state index in [2.05, 4.69) is 15.4 Å². The van der Waals surface area contributed by atoms with Crippen LogP contribution in [-0.4, -0.2) is 59.8 Å². The average molecular weight is 365 g/mol. The van der Waals surface area contributed by atoms with Crippen molar-refractivity contribution in [2.45, 2.75) is 20.3 Å². The SMILES string of the molecule is Cc1nn(-c2ccccn2)c(C)c1CCNC(=O)CN(C)S(C)(=O)=O. The molecule has 136 valence electrons. The number of hydrogen-bond donors (Lipinski definition) is 1. The Morgan fingerprint density at radius 2 is 2.04 bits per heavy atom. The van der Waals surface area contributed by atoms with Crippen LogP contribution in [0.4, 0.5) is 0 Å². The summed E-state index contributed by atoms with van der Waals surface area (Å²) in [5.41, 5.74) is 2.90. The fourth-order valence-electron chi connectivity index (χ4n) is 2.44. The highest BCUT2D eigenvalue weighted by molar-refractivity contribution is 7.88. The van der Waals surface area contributed by atoms with Gasteiger partial charge in [0.25, 0.3) is 0 Å². The van der Waals surface area contributed by atoms with Gasteiger partial charge in [-0.3, -0.25) is 4.79 Å². The van der Waals surface area contributed by atoms with Crippen molar-refractivity contribution < 1.29 is 13.2 Å². The van der Waals surface area contributed by atoms with Crippen LogP contribution in [0.15, 0.2) is 24.4 Å². The number of hydrogen-bond acceptors (Lipinski definition) is 5. The van der Waals surface area contributed by atoms with Crippen molar-refractivity contribution in [3.8, 4) is 5.82 Å². The van der Waals surface area contributed by atoms with Gasteiger partial charge in [-0.15, -0.1) is 0 Å². The molecule has 0 aliphatic heterocycles. The van der Waals surface area contributed by atoms with Crippen molar-refractivity contribution in [3.05, 3.63) is 41.3 Å². The zero-order valence-corrected chi connectivity index (χ0v) is 15.7. The average Bonchev–Trinajstić information content (AvgIpc) is 2.83. The summed E-state index contributed by atoms with van der Waals surface area (Å²) >= 11 is 0. The van der Waals surface area contributed by atoms with Crippen LogP contribution in [0.5, 0.6) is 0 Å². The number of nitrogens with one attached hydrogen (secondary N) is 1. The number of amides is 1. The minimum absolute atomic E-state index is 0.190. The maximum absolute atomic E-state index is 11.8. The largest absolute Gasteiger partial charge is 0.355 e. The first kappa shape index (κ1) is 19.1. The van der Waals surface area contributed by atoms with E-state index in [-0.39, 0.29) is 12.5 Å². The number of carbonyl (C=O) groups excluding carboxylic acids is 1. The maximum Gasteiger partial charge on any atom is 0.235 e. The fourth-order valence-corrected chi connectivity index (χ4v) is 2.79. The molecule has 0 aromatic carbocycles. The Morgan fingerprint density at radius 1 is 1.32 bits per heavy atom. The van der Waals surface area contributed by atoms with E-state index in [1.54, 1.807) is 10.9 Å². The summed E-state index contributed by atoms with van der Waals surface area (Å²) in [4.78, 5) is 16.1. The standard InChI is InChI=1S/C16H23N5O3S/c1-12-14(8-10-18-16(22)11-20(3)25(4,23)24)13(2)21(19-12)15-7-5-6-9-17-15/h5-7,9H,8,10-11H2,1-4H3,(H,18,22). The Balaban J connectivity index is 1.98. The first-order chi connectivity index (χ1) is 11.7. The van der Waals surface area contributed by atoms with Crippen molar-refractivity contribution in [2.24, 2.45) is 0 Å². The molecular formula is C16H23N5O3S. The summed E-state index contributed by atoms with van der Waals surface area (Å²) < 4.78 is 25.4. The lowest BCUT2D eigenvalue weighted by atomic mass is 10.1. The molecule has 0 aliphatic rings. The molecule has 2 aromatic heterocycles. The quantitative estimate of drug-likeness (QED) is 0.768. The minimum atomic E-state index is -3.36. The first-order valence-corrected chi connectivity index (χ1v) is 9.69. The Hall–Kier alpha value is -2.26. The number of aromatic nitrogens is 3. The van der Waals surface area contributed by atoms with Gasteiger partial charge >= 0.3 is 0 Å². The molecule has 1 amide bonds. The maximum atomic E-state index is 11.8. The molecule has 1 N–H and O–H groups in total. The summed E-state index contributed by atoms with van der Waals surface area (Å²) in [7, 11) is -1.99. The van der Waals surface area contributed by atoms with Gasteiger partial charge in [-0.1, -0.05) is 6.07 Å². The molecular weight excluding hydrogens is 342 g/mol. The van der Waals surface area contributed by atoms with Gasteiger partial charge in [-0.05, 0) is 38.0 Å². The third kappa shape index (κ3) is 4.86. The second kappa shape index (κ2) is 7.75. The Labute approximate surface area is 147 Å². The summed E-state index contributed by atoms with van der Waals surface area (Å²) in [6.45, 7) is 4.10. The molecule has 0 atom stereocenters. The molecule has 0 bridgehead atoms. The molecule has 0 aliphatic carbocycles. The summed E-state index contributed by atoms with van der Waals surface area (Å²) in [6.07, 6.45) is 3.39. The van der Waals surface area contributed by atoms with Crippen LogP contribution in [-0.2, 0) is 21.2 Å². The number of pyridine rings is 1. The van der Waals surface area contributed by atoms with Crippen LogP contribution in [0.2, 0.25) is 0 Å². The Morgan fingerprint density at radius 3 is 2.64 bits per heavy atom. The predicted octanol–water partition coefficient (Wildman–Crippen LogP) is 0.434. The summed E-state index contributed by atoms with van der Waals surface area (Å²) in [5.74, 6) is 0.411. The molecule has 9 heteroatoms. The van der Waals surface area contributed by atoms with E-state index in [4.69, 9.17) is 0 Å². The second-order valence-electron chi connectivity index (χ2n) is 5.87. The minimum Gasteiger partial charge on any atom is -0.355 e. The third-order valence-corrected chi connectivity index (χ3v) is 5.20. The molecule has 0 spiro atoms. The molecule has 0 radical (unpaired) electrons. The first-order valence-electron chi connectivity index (χ1n) is 7.84. The lowest BCUT2D eigenvalue weighted by molar-refractivity contribution is -0.121. The van der Waals surface area contributed by atoms with Crippen LogP contribution in [0, 0.1) is 13.8 Å². The van der Waals surface area contributed by atoms with Gasteiger partial charge in [-0.2, -0.15) is 9.40 Å². The van der Waals surface area contributed by atoms with Gasteiger partial charge in [0.1, 0.15) is 0 Å². The smallest absolute Gasteiger partial charge is 0.235 e. The molecule has 2 heterocycles. The highest BCUT2D eigenvalue weighted by atomic mass is 32.2. The van der Waals surface area contributed by atoms with Gasteiger partial charge in [0.15, 0.2) is 5.82 Å². The predicted molar refractivity (Wildman–Crippen MR) is 95.0 cm³/mol. The van der Waals surface area contributed by atoms with E-state index in [0.717, 1.165) is 33.3 Å². The van der Waals surface area contributed by atoms with Crippen LogP contribution in [0.3, 0.4) is 0 Å². The molecule has 0 saturated carbocycles. The molecule has 0 fully saturated rings. The number of rotatable bonds is 7. The number of aryl methyl sites for hydroxylation is 1. The van der Waals surface area contributed by atoms with Gasteiger partial charge in [-0.25, -0.2) is 18.1 Å². The summed E-state index contributed by atoms with van der Waals surface area (Å²) in [6, 6.07) is 5.63. The van der Waals surface area contributed by atoms with E-state index in [0.29, 0.717) is 13.0 Å². The van der Waals surface area contributed by atoms with Gasteiger partial charge in [0.05, 0.1) is 18.5 Å². The normalized spacial score (nSPS) is 11.7. The zero-order valence-electron chi connectivity index (χ0n) is 14.9. The van der Waals surface area contributed by atoms with Crippen LogP contribution in [0.25, 0.3) is 5.82 Å². The highest BCUT2D eigenvalue weighted by Gasteiger charge is 2.16. The molecule has 0 unspecified atom stereocenters. The molecule has 25 heavy (non-hydrogen) atoms. The zero-order chi connectivity index (χ0) is 18.6. The van der Waals surface area contributed by atoms with Crippen molar-refractivity contribution in [3.63, 3.8) is 0 Å². The van der Waals surface area contributed by atoms with E-state index in [1.165, 1.54) is 7.05 Å². The number of sulfonamides is 1. The molecule has 2 aromatic rings. The van der Waals surface area contributed by atoms with E-state index >= 15 is 0 Å². The van der Waals surface area contributed by atoms with Crippen molar-refractivity contribution in [2.75, 3.05) is 26.4 Å². The van der Waals surface area contributed by atoms with E-state index < -0.39 is 10.0 Å². The molecule has 0 saturated heterocycles. The fraction of sp³-hybridized carbons (Fsp3) is 0.438. The molecule has 8 nitrogen and oxygen atoms in total. The monoisotopic (exact) mass is 365 g/mol. The van der Waals surface area contributed by atoms with E-state index in [9.17, 15) is 13.2 Å². The number of likely N-dealkylation sites (N-methyl/N-ethyl adjacent to an activating group) is 1. The second-order valence-corrected chi connectivity index (χ2v) is 7.96. The lowest BCUT2D eigenvalue weighted by Gasteiger charge is -2.13. The summed E-state index contributed by atoms with van der Waals surface area (Å²) in [5, 5.41) is 7.25. The van der Waals surface area contributed by atoms with Crippen molar-refractivity contribution in [1.82, 2.24) is 24.4 Å². The van der Waals surface area contributed by atoms with Gasteiger partial charge in [0.2, 0.25) is 15.9 Å². The van der Waals surface area contributed by atoms with Crippen molar-refractivity contribution >= 4 is 15.9 Å². The lowest BCUT2D eigenvalue weighted by Crippen LogP contribution is -2.38. The topological polar surface area (TPSA) is 97.2 Å². The third-order valence-electron chi connectivity index (χ3n) is 3.94.